The molecule has 0 aliphatic carbocycles. The van der Waals surface area contributed by atoms with E-state index in [1.165, 1.54) is 0 Å². The van der Waals surface area contributed by atoms with Gasteiger partial charge >= 0.3 is 5.69 Å². The molecule has 0 saturated carbocycles. The molecule has 0 aliphatic heterocycles. The minimum Gasteiger partial charge on any atom is -0.449 e. The topological polar surface area (TPSA) is 78.9 Å². The van der Waals surface area contributed by atoms with Gasteiger partial charge < -0.3 is 9.40 Å². The summed E-state index contributed by atoms with van der Waals surface area (Å²) in [5.41, 5.74) is 0.138. The number of nitrogens with one attached hydrogen (secondary N) is 2. The Morgan fingerprint density at radius 3 is 2.73 bits per heavy atom. The van der Waals surface area contributed by atoms with Crippen LogP contribution in [0.2, 0.25) is 0 Å². The zero-order chi connectivity index (χ0) is 10.4. The van der Waals surface area contributed by atoms with Crippen molar-refractivity contribution in [2.24, 2.45) is 0 Å². The molecule has 0 aliphatic rings. The van der Waals surface area contributed by atoms with Gasteiger partial charge in [-0.2, -0.15) is 0 Å². The number of aromatic amines is 2. The Morgan fingerprint density at radius 2 is 1.87 bits per heavy atom. The van der Waals surface area contributed by atoms with Gasteiger partial charge in [-0.05, 0) is 12.1 Å². The number of para-hydroxylation sites is 1. The SMILES string of the molecule is O=c1[nH]c(=O)c2oc3ccccc3c2[nH]1. The standard InChI is InChI=1S/C10H6N2O3/c13-9-8-7(11-10(14)12-9)5-3-1-2-4-6(5)15-8/h1-4H,(H2,11,12,13,14). The van der Waals surface area contributed by atoms with Gasteiger partial charge in [-0.1, -0.05) is 12.1 Å². The maximum absolute atomic E-state index is 11.4. The summed E-state index contributed by atoms with van der Waals surface area (Å²) < 4.78 is 5.32. The zero-order valence-corrected chi connectivity index (χ0v) is 7.53. The van der Waals surface area contributed by atoms with Gasteiger partial charge in [-0.3, -0.25) is 9.78 Å². The Labute approximate surface area is 82.4 Å². The summed E-state index contributed by atoms with van der Waals surface area (Å²) in [5.74, 6) is 0. The van der Waals surface area contributed by atoms with Crippen LogP contribution in [-0.2, 0) is 0 Å². The van der Waals surface area contributed by atoms with Crippen LogP contribution in [0.5, 0.6) is 0 Å². The third kappa shape index (κ3) is 1.03. The highest BCUT2D eigenvalue weighted by Crippen LogP contribution is 2.22. The lowest BCUT2D eigenvalue weighted by atomic mass is 10.2. The molecular weight excluding hydrogens is 196 g/mol. The van der Waals surface area contributed by atoms with Crippen molar-refractivity contribution in [1.82, 2.24) is 9.97 Å². The monoisotopic (exact) mass is 202 g/mol. The minimum absolute atomic E-state index is 0.149. The first-order valence-corrected chi connectivity index (χ1v) is 4.39. The second-order valence-corrected chi connectivity index (χ2v) is 3.21. The average Bonchev–Trinajstić information content (AvgIpc) is 2.57. The van der Waals surface area contributed by atoms with Crippen molar-refractivity contribution in [3.63, 3.8) is 0 Å². The highest BCUT2D eigenvalue weighted by atomic mass is 16.3. The van der Waals surface area contributed by atoms with E-state index in [9.17, 15) is 9.59 Å². The number of benzene rings is 1. The molecule has 2 N–H and O–H groups in total. The molecule has 0 saturated heterocycles. The predicted octanol–water partition coefficient (Wildman–Crippen LogP) is 0.963. The molecule has 0 unspecified atom stereocenters. The van der Waals surface area contributed by atoms with E-state index in [-0.39, 0.29) is 5.58 Å². The Balaban J connectivity index is 2.73. The summed E-state index contributed by atoms with van der Waals surface area (Å²) in [6, 6.07) is 7.15. The fourth-order valence-corrected chi connectivity index (χ4v) is 1.63. The molecule has 1 aromatic carbocycles. The van der Waals surface area contributed by atoms with Crippen LogP contribution in [0.3, 0.4) is 0 Å². The molecule has 15 heavy (non-hydrogen) atoms. The molecule has 5 heteroatoms. The van der Waals surface area contributed by atoms with E-state index in [1.807, 2.05) is 6.07 Å². The van der Waals surface area contributed by atoms with E-state index in [2.05, 4.69) is 9.97 Å². The second kappa shape index (κ2) is 2.60. The van der Waals surface area contributed by atoms with Crippen molar-refractivity contribution >= 4 is 22.1 Å². The second-order valence-electron chi connectivity index (χ2n) is 3.21. The molecule has 0 radical (unpaired) electrons. The summed E-state index contributed by atoms with van der Waals surface area (Å²) in [5, 5.41) is 0.732. The van der Waals surface area contributed by atoms with Gasteiger partial charge in [0.15, 0.2) is 0 Å². The maximum Gasteiger partial charge on any atom is 0.326 e. The molecular formula is C10H6N2O3. The predicted molar refractivity (Wildman–Crippen MR) is 55.0 cm³/mol. The van der Waals surface area contributed by atoms with Crippen molar-refractivity contribution in [1.29, 1.82) is 0 Å². The number of hydrogen-bond donors (Lipinski definition) is 2. The Morgan fingerprint density at radius 1 is 1.07 bits per heavy atom. The van der Waals surface area contributed by atoms with E-state index >= 15 is 0 Å². The van der Waals surface area contributed by atoms with Gasteiger partial charge in [-0.25, -0.2) is 4.79 Å². The maximum atomic E-state index is 11.4. The van der Waals surface area contributed by atoms with Gasteiger partial charge in [-0.15, -0.1) is 0 Å². The Kier molecular flexibility index (Phi) is 1.39. The third-order valence-electron chi connectivity index (χ3n) is 2.27. The van der Waals surface area contributed by atoms with Crippen LogP contribution in [0, 0.1) is 0 Å². The number of aromatic nitrogens is 2. The van der Waals surface area contributed by atoms with Crippen LogP contribution in [0.1, 0.15) is 0 Å². The van der Waals surface area contributed by atoms with Crippen molar-refractivity contribution in [2.75, 3.05) is 0 Å². The fourth-order valence-electron chi connectivity index (χ4n) is 1.63. The first-order valence-electron chi connectivity index (χ1n) is 4.39. The molecule has 2 aromatic heterocycles. The number of furan rings is 1. The summed E-state index contributed by atoms with van der Waals surface area (Å²) in [6.07, 6.45) is 0. The van der Waals surface area contributed by atoms with Gasteiger partial charge in [0.05, 0.1) is 0 Å². The summed E-state index contributed by atoms with van der Waals surface area (Å²) >= 11 is 0. The van der Waals surface area contributed by atoms with Gasteiger partial charge in [0, 0.05) is 5.39 Å². The normalized spacial score (nSPS) is 11.2. The molecule has 3 rings (SSSR count). The minimum atomic E-state index is -0.529. The highest BCUT2D eigenvalue weighted by molar-refractivity contribution is 6.01. The van der Waals surface area contributed by atoms with Crippen molar-refractivity contribution in [3.05, 3.63) is 45.1 Å². The van der Waals surface area contributed by atoms with Crippen molar-refractivity contribution < 1.29 is 4.42 Å². The largest absolute Gasteiger partial charge is 0.449 e. The molecule has 0 spiro atoms. The van der Waals surface area contributed by atoms with Crippen LogP contribution in [-0.4, -0.2) is 9.97 Å². The van der Waals surface area contributed by atoms with Gasteiger partial charge in [0.1, 0.15) is 11.1 Å². The quantitative estimate of drug-likeness (QED) is 0.569. The van der Waals surface area contributed by atoms with E-state index in [0.29, 0.717) is 11.1 Å². The third-order valence-corrected chi connectivity index (χ3v) is 2.27. The van der Waals surface area contributed by atoms with Crippen LogP contribution in [0.25, 0.3) is 22.1 Å². The first-order chi connectivity index (χ1) is 7.25. The summed E-state index contributed by atoms with van der Waals surface area (Å²) in [4.78, 5) is 27.2. The number of H-pyrrole nitrogens is 2. The van der Waals surface area contributed by atoms with Crippen LogP contribution < -0.4 is 11.2 Å². The fraction of sp³-hybridized carbons (Fsp3) is 0. The zero-order valence-electron chi connectivity index (χ0n) is 7.53. The smallest absolute Gasteiger partial charge is 0.326 e. The highest BCUT2D eigenvalue weighted by Gasteiger charge is 2.09. The lowest BCUT2D eigenvalue weighted by Crippen LogP contribution is -2.20. The summed E-state index contributed by atoms with van der Waals surface area (Å²) in [7, 11) is 0. The van der Waals surface area contributed by atoms with Crippen LogP contribution >= 0.6 is 0 Å². The molecule has 5 nitrogen and oxygen atoms in total. The van der Waals surface area contributed by atoms with E-state index in [4.69, 9.17) is 4.42 Å². The first kappa shape index (κ1) is 8.05. The lowest BCUT2D eigenvalue weighted by molar-refractivity contribution is 0.660. The summed E-state index contributed by atoms with van der Waals surface area (Å²) in [6.45, 7) is 0. The van der Waals surface area contributed by atoms with E-state index in [0.717, 1.165) is 5.39 Å². The van der Waals surface area contributed by atoms with E-state index in [1.54, 1.807) is 18.2 Å². The molecule has 0 fully saturated rings. The number of rotatable bonds is 0. The number of hydrogen-bond acceptors (Lipinski definition) is 3. The molecule has 2 heterocycles. The average molecular weight is 202 g/mol. The van der Waals surface area contributed by atoms with Gasteiger partial charge in [0.25, 0.3) is 5.56 Å². The molecule has 74 valence electrons. The lowest BCUT2D eigenvalue weighted by Gasteiger charge is -1.86. The van der Waals surface area contributed by atoms with Gasteiger partial charge in [0.2, 0.25) is 5.58 Å². The number of fused-ring (bicyclic) bond motifs is 3. The molecule has 0 atom stereocenters. The van der Waals surface area contributed by atoms with Crippen LogP contribution in [0.4, 0.5) is 0 Å². The molecule has 0 amide bonds. The van der Waals surface area contributed by atoms with Crippen molar-refractivity contribution in [3.8, 4) is 0 Å². The Hall–Kier alpha value is -2.30. The van der Waals surface area contributed by atoms with Crippen LogP contribution in [0.15, 0.2) is 38.3 Å². The molecule has 0 bridgehead atoms. The Bertz CT molecular complexity index is 763. The molecule has 3 aromatic rings. The van der Waals surface area contributed by atoms with E-state index < -0.39 is 11.2 Å². The van der Waals surface area contributed by atoms with Crippen molar-refractivity contribution in [2.45, 2.75) is 0 Å².